The number of benzene rings is 1. The Labute approximate surface area is 88.1 Å². The van der Waals surface area contributed by atoms with Crippen molar-refractivity contribution in [2.24, 2.45) is 5.92 Å². The standard InChI is InChI=1S/C11H14O4/c1-7(11(13)14)6-8-4-3-5-9(15-2)10(8)12/h3-5,7,12H,6H2,1-2H3,(H,13,14)/t7-/m0/s1. The van der Waals surface area contributed by atoms with Gasteiger partial charge in [-0.05, 0) is 18.1 Å². The normalized spacial score (nSPS) is 12.1. The molecule has 0 aliphatic heterocycles. The van der Waals surface area contributed by atoms with Crippen LogP contribution in [0.15, 0.2) is 18.2 Å². The Morgan fingerprint density at radius 2 is 2.20 bits per heavy atom. The highest BCUT2D eigenvalue weighted by atomic mass is 16.5. The van der Waals surface area contributed by atoms with Crippen molar-refractivity contribution in [3.8, 4) is 11.5 Å². The molecule has 0 aliphatic rings. The first kappa shape index (κ1) is 11.4. The van der Waals surface area contributed by atoms with Crippen molar-refractivity contribution in [2.75, 3.05) is 7.11 Å². The smallest absolute Gasteiger partial charge is 0.306 e. The topological polar surface area (TPSA) is 66.8 Å². The van der Waals surface area contributed by atoms with Crippen molar-refractivity contribution < 1.29 is 19.7 Å². The summed E-state index contributed by atoms with van der Waals surface area (Å²) in [5.41, 5.74) is 0.587. The SMILES string of the molecule is COc1cccc(C[C@H](C)C(=O)O)c1O. The van der Waals surface area contributed by atoms with E-state index in [0.29, 0.717) is 17.7 Å². The highest BCUT2D eigenvalue weighted by molar-refractivity contribution is 5.70. The lowest BCUT2D eigenvalue weighted by molar-refractivity contribution is -0.141. The molecule has 0 spiro atoms. The number of hydrogen-bond donors (Lipinski definition) is 2. The Kier molecular flexibility index (Phi) is 3.55. The molecule has 1 aromatic carbocycles. The van der Waals surface area contributed by atoms with E-state index < -0.39 is 11.9 Å². The van der Waals surface area contributed by atoms with Gasteiger partial charge in [-0.15, -0.1) is 0 Å². The lowest BCUT2D eigenvalue weighted by Gasteiger charge is -2.10. The molecular weight excluding hydrogens is 196 g/mol. The molecule has 0 amide bonds. The largest absolute Gasteiger partial charge is 0.504 e. The summed E-state index contributed by atoms with van der Waals surface area (Å²) in [7, 11) is 1.46. The van der Waals surface area contributed by atoms with E-state index in [1.807, 2.05) is 0 Å². The number of aliphatic carboxylic acids is 1. The minimum atomic E-state index is -0.878. The van der Waals surface area contributed by atoms with Crippen LogP contribution >= 0.6 is 0 Å². The second-order valence-electron chi connectivity index (χ2n) is 3.41. The minimum Gasteiger partial charge on any atom is -0.504 e. The average molecular weight is 210 g/mol. The Morgan fingerprint density at radius 3 is 2.73 bits per heavy atom. The van der Waals surface area contributed by atoms with Gasteiger partial charge in [-0.1, -0.05) is 19.1 Å². The molecule has 0 saturated carbocycles. The van der Waals surface area contributed by atoms with Crippen molar-refractivity contribution in [3.05, 3.63) is 23.8 Å². The third kappa shape index (κ3) is 2.62. The molecule has 0 aromatic heterocycles. The summed E-state index contributed by atoms with van der Waals surface area (Å²) in [4.78, 5) is 10.7. The van der Waals surface area contributed by atoms with Gasteiger partial charge >= 0.3 is 5.97 Å². The molecule has 1 atom stereocenters. The van der Waals surface area contributed by atoms with Gasteiger partial charge in [0.25, 0.3) is 0 Å². The van der Waals surface area contributed by atoms with E-state index in [4.69, 9.17) is 9.84 Å². The highest BCUT2D eigenvalue weighted by Crippen LogP contribution is 2.30. The molecule has 0 heterocycles. The monoisotopic (exact) mass is 210 g/mol. The van der Waals surface area contributed by atoms with Crippen molar-refractivity contribution >= 4 is 5.97 Å². The van der Waals surface area contributed by atoms with Crippen molar-refractivity contribution in [2.45, 2.75) is 13.3 Å². The van der Waals surface area contributed by atoms with Crippen LogP contribution in [0.2, 0.25) is 0 Å². The van der Waals surface area contributed by atoms with Gasteiger partial charge in [-0.25, -0.2) is 0 Å². The van der Waals surface area contributed by atoms with Crippen LogP contribution in [0.4, 0.5) is 0 Å². The maximum atomic E-state index is 10.7. The van der Waals surface area contributed by atoms with E-state index in [1.165, 1.54) is 7.11 Å². The number of phenolic OH excluding ortho intramolecular Hbond substituents is 1. The molecule has 0 unspecified atom stereocenters. The number of carboxylic acids is 1. The van der Waals surface area contributed by atoms with E-state index in [2.05, 4.69) is 0 Å². The van der Waals surface area contributed by atoms with Crippen LogP contribution in [0.5, 0.6) is 11.5 Å². The number of hydrogen-bond acceptors (Lipinski definition) is 3. The molecule has 0 radical (unpaired) electrons. The van der Waals surface area contributed by atoms with Crippen LogP contribution in [0, 0.1) is 5.92 Å². The zero-order valence-corrected chi connectivity index (χ0v) is 8.73. The number of carboxylic acid groups (broad SMARTS) is 1. The van der Waals surface area contributed by atoms with Crippen LogP contribution in [-0.4, -0.2) is 23.3 Å². The third-order valence-corrected chi connectivity index (χ3v) is 2.25. The molecule has 1 rings (SSSR count). The zero-order chi connectivity index (χ0) is 11.4. The molecule has 82 valence electrons. The molecule has 0 bridgehead atoms. The molecule has 0 saturated heterocycles. The fourth-order valence-electron chi connectivity index (χ4n) is 1.31. The van der Waals surface area contributed by atoms with Crippen LogP contribution in [-0.2, 0) is 11.2 Å². The number of phenols is 1. The maximum absolute atomic E-state index is 10.7. The van der Waals surface area contributed by atoms with E-state index in [-0.39, 0.29) is 5.75 Å². The van der Waals surface area contributed by atoms with Crippen LogP contribution in [0.3, 0.4) is 0 Å². The Bertz CT molecular complexity index is 360. The number of carbonyl (C=O) groups is 1. The second kappa shape index (κ2) is 4.68. The predicted octanol–water partition coefficient (Wildman–Crippen LogP) is 1.66. The number of ether oxygens (including phenoxy) is 1. The Morgan fingerprint density at radius 1 is 1.53 bits per heavy atom. The summed E-state index contributed by atoms with van der Waals surface area (Å²) in [6.45, 7) is 1.60. The molecule has 15 heavy (non-hydrogen) atoms. The van der Waals surface area contributed by atoms with Gasteiger partial charge in [-0.2, -0.15) is 0 Å². The van der Waals surface area contributed by atoms with E-state index >= 15 is 0 Å². The highest BCUT2D eigenvalue weighted by Gasteiger charge is 2.15. The molecule has 4 nitrogen and oxygen atoms in total. The summed E-state index contributed by atoms with van der Waals surface area (Å²) < 4.78 is 4.93. The molecule has 0 aliphatic carbocycles. The molecule has 1 aromatic rings. The van der Waals surface area contributed by atoms with Crippen LogP contribution < -0.4 is 4.74 Å². The summed E-state index contributed by atoms with van der Waals surface area (Å²) in [5.74, 6) is -1.02. The predicted molar refractivity (Wildman–Crippen MR) is 55.2 cm³/mol. The van der Waals surface area contributed by atoms with Gasteiger partial charge in [-0.3, -0.25) is 4.79 Å². The van der Waals surface area contributed by atoms with E-state index in [9.17, 15) is 9.90 Å². The second-order valence-corrected chi connectivity index (χ2v) is 3.41. The number of para-hydroxylation sites is 1. The fourth-order valence-corrected chi connectivity index (χ4v) is 1.31. The maximum Gasteiger partial charge on any atom is 0.306 e. The first-order valence-corrected chi connectivity index (χ1v) is 4.64. The fraction of sp³-hybridized carbons (Fsp3) is 0.364. The van der Waals surface area contributed by atoms with Gasteiger partial charge in [0, 0.05) is 0 Å². The quantitative estimate of drug-likeness (QED) is 0.793. The van der Waals surface area contributed by atoms with Gasteiger partial charge in [0.2, 0.25) is 0 Å². The van der Waals surface area contributed by atoms with Crippen LogP contribution in [0.1, 0.15) is 12.5 Å². The molecular formula is C11H14O4. The number of methoxy groups -OCH3 is 1. The summed E-state index contributed by atoms with van der Waals surface area (Å²) >= 11 is 0. The van der Waals surface area contributed by atoms with Crippen molar-refractivity contribution in [1.82, 2.24) is 0 Å². The van der Waals surface area contributed by atoms with Gasteiger partial charge in [0.15, 0.2) is 11.5 Å². The summed E-state index contributed by atoms with van der Waals surface area (Å²) in [5, 5.41) is 18.4. The summed E-state index contributed by atoms with van der Waals surface area (Å²) in [6, 6.07) is 5.05. The Balaban J connectivity index is 2.90. The molecule has 2 N–H and O–H groups in total. The first-order valence-electron chi connectivity index (χ1n) is 4.64. The third-order valence-electron chi connectivity index (χ3n) is 2.25. The lowest BCUT2D eigenvalue weighted by atomic mass is 10.0. The van der Waals surface area contributed by atoms with Gasteiger partial charge < -0.3 is 14.9 Å². The molecule has 4 heteroatoms. The minimum absolute atomic E-state index is 0.0214. The van der Waals surface area contributed by atoms with Crippen molar-refractivity contribution in [1.29, 1.82) is 0 Å². The van der Waals surface area contributed by atoms with Crippen LogP contribution in [0.25, 0.3) is 0 Å². The number of aromatic hydroxyl groups is 1. The van der Waals surface area contributed by atoms with E-state index in [0.717, 1.165) is 0 Å². The molecule has 0 fully saturated rings. The zero-order valence-electron chi connectivity index (χ0n) is 8.73. The summed E-state index contributed by atoms with van der Waals surface area (Å²) in [6.07, 6.45) is 0.290. The van der Waals surface area contributed by atoms with Crippen molar-refractivity contribution in [3.63, 3.8) is 0 Å². The van der Waals surface area contributed by atoms with Gasteiger partial charge in [0.1, 0.15) is 0 Å². The number of rotatable bonds is 4. The first-order chi connectivity index (χ1) is 7.06. The van der Waals surface area contributed by atoms with E-state index in [1.54, 1.807) is 25.1 Å². The Hall–Kier alpha value is -1.71. The van der Waals surface area contributed by atoms with Gasteiger partial charge in [0.05, 0.1) is 13.0 Å². The lowest BCUT2D eigenvalue weighted by Crippen LogP contribution is -2.12. The average Bonchev–Trinajstić information content (AvgIpc) is 2.21.